The number of aliphatic hydroxyl groups excluding tert-OH is 2. The highest BCUT2D eigenvalue weighted by Crippen LogP contribution is 2.14. The van der Waals surface area contributed by atoms with Gasteiger partial charge in [0.05, 0.1) is 6.10 Å². The van der Waals surface area contributed by atoms with Crippen molar-refractivity contribution in [2.75, 3.05) is 0 Å². The summed E-state index contributed by atoms with van der Waals surface area (Å²) in [7, 11) is 0. The fraction of sp³-hybridized carbons (Fsp3) is 0.571. The van der Waals surface area contributed by atoms with Crippen LogP contribution in [-0.2, 0) is 0 Å². The molecule has 3 heteroatoms. The summed E-state index contributed by atoms with van der Waals surface area (Å²) in [5, 5.41) is 22.7. The van der Waals surface area contributed by atoms with Crippen LogP contribution >= 0.6 is 0 Å². The minimum absolute atomic E-state index is 0.0588. The number of hydrogen-bond donors (Lipinski definition) is 3. The topological polar surface area (TPSA) is 52.5 Å². The van der Waals surface area contributed by atoms with E-state index in [4.69, 9.17) is 0 Å². The molecule has 0 aliphatic heterocycles. The SMILES string of the molecule is CC[C@H](NC(O)C1C=CC=C(C)C=C1)[C@H](C)O. The van der Waals surface area contributed by atoms with Gasteiger partial charge in [-0.25, -0.2) is 0 Å². The molecular weight excluding hydrogens is 214 g/mol. The summed E-state index contributed by atoms with van der Waals surface area (Å²) in [5.41, 5.74) is 1.17. The zero-order valence-electron chi connectivity index (χ0n) is 10.8. The lowest BCUT2D eigenvalue weighted by Crippen LogP contribution is -2.46. The molecule has 0 fully saturated rings. The molecule has 0 aromatic heterocycles. The zero-order valence-corrected chi connectivity index (χ0v) is 10.8. The van der Waals surface area contributed by atoms with Gasteiger partial charge in [0.25, 0.3) is 0 Å². The van der Waals surface area contributed by atoms with Crippen LogP contribution in [0.1, 0.15) is 27.2 Å². The van der Waals surface area contributed by atoms with Crippen molar-refractivity contribution in [1.29, 1.82) is 0 Å². The molecular formula is C14H23NO2. The average Bonchev–Trinajstić information content (AvgIpc) is 2.50. The molecule has 3 N–H and O–H groups in total. The quantitative estimate of drug-likeness (QED) is 0.638. The highest BCUT2D eigenvalue weighted by Gasteiger charge is 2.20. The highest BCUT2D eigenvalue weighted by molar-refractivity contribution is 5.27. The summed E-state index contributed by atoms with van der Waals surface area (Å²) in [4.78, 5) is 0. The molecule has 17 heavy (non-hydrogen) atoms. The molecule has 3 nitrogen and oxygen atoms in total. The first-order chi connectivity index (χ1) is 8.04. The predicted octanol–water partition coefficient (Wildman–Crippen LogP) is 1.74. The maximum atomic E-state index is 10.1. The summed E-state index contributed by atoms with van der Waals surface area (Å²) in [6.45, 7) is 5.74. The van der Waals surface area contributed by atoms with Crippen LogP contribution in [0.25, 0.3) is 0 Å². The van der Waals surface area contributed by atoms with Gasteiger partial charge in [0.1, 0.15) is 6.23 Å². The standard InChI is InChI=1S/C14H23NO2/c1-4-13(11(3)16)15-14(17)12-7-5-6-10(2)8-9-12/h5-9,11-17H,4H2,1-3H3/t11-,12?,13-,14?/m0/s1. The Balaban J connectivity index is 2.59. The second-order valence-electron chi connectivity index (χ2n) is 4.60. The molecule has 0 radical (unpaired) electrons. The van der Waals surface area contributed by atoms with Crippen molar-refractivity contribution in [3.8, 4) is 0 Å². The maximum absolute atomic E-state index is 10.1. The molecule has 0 aromatic carbocycles. The second-order valence-corrected chi connectivity index (χ2v) is 4.60. The normalized spacial score (nSPS) is 25.0. The van der Waals surface area contributed by atoms with Gasteiger partial charge in [-0.15, -0.1) is 0 Å². The van der Waals surface area contributed by atoms with Crippen molar-refractivity contribution in [3.05, 3.63) is 36.0 Å². The number of nitrogens with one attached hydrogen (secondary N) is 1. The van der Waals surface area contributed by atoms with Gasteiger partial charge >= 0.3 is 0 Å². The van der Waals surface area contributed by atoms with Crippen LogP contribution in [0.5, 0.6) is 0 Å². The molecule has 96 valence electrons. The Bertz CT molecular complexity index is 318. The molecule has 0 bridgehead atoms. The third-order valence-corrected chi connectivity index (χ3v) is 3.05. The fourth-order valence-electron chi connectivity index (χ4n) is 1.86. The number of aliphatic hydroxyl groups is 2. The van der Waals surface area contributed by atoms with Crippen LogP contribution in [0.4, 0.5) is 0 Å². The number of rotatable bonds is 5. The van der Waals surface area contributed by atoms with Crippen molar-refractivity contribution in [2.45, 2.75) is 45.6 Å². The zero-order chi connectivity index (χ0) is 12.8. The molecule has 0 amide bonds. The third-order valence-electron chi connectivity index (χ3n) is 3.05. The summed E-state index contributed by atoms with van der Waals surface area (Å²) in [6.07, 6.45) is 9.55. The van der Waals surface area contributed by atoms with Crippen LogP contribution in [0, 0.1) is 5.92 Å². The van der Waals surface area contributed by atoms with Crippen LogP contribution in [0.2, 0.25) is 0 Å². The molecule has 1 aliphatic rings. The Morgan fingerprint density at radius 1 is 1.35 bits per heavy atom. The van der Waals surface area contributed by atoms with Crippen LogP contribution in [0.15, 0.2) is 36.0 Å². The van der Waals surface area contributed by atoms with Crippen molar-refractivity contribution in [3.63, 3.8) is 0 Å². The van der Waals surface area contributed by atoms with Gasteiger partial charge < -0.3 is 10.2 Å². The fourth-order valence-corrected chi connectivity index (χ4v) is 1.86. The van der Waals surface area contributed by atoms with Crippen LogP contribution < -0.4 is 5.32 Å². The van der Waals surface area contributed by atoms with Gasteiger partial charge in [-0.3, -0.25) is 5.32 Å². The lowest BCUT2D eigenvalue weighted by atomic mass is 10.0. The van der Waals surface area contributed by atoms with Crippen LogP contribution in [-0.4, -0.2) is 28.6 Å². The summed E-state index contributed by atoms with van der Waals surface area (Å²) in [5.74, 6) is -0.0588. The highest BCUT2D eigenvalue weighted by atomic mass is 16.3. The number of allylic oxidation sites excluding steroid dienone is 4. The molecule has 4 atom stereocenters. The summed E-state index contributed by atoms with van der Waals surface area (Å²) >= 11 is 0. The van der Waals surface area contributed by atoms with E-state index in [1.54, 1.807) is 6.92 Å². The van der Waals surface area contributed by atoms with E-state index in [1.807, 2.05) is 44.2 Å². The van der Waals surface area contributed by atoms with Gasteiger partial charge in [-0.1, -0.05) is 42.9 Å². The van der Waals surface area contributed by atoms with E-state index in [-0.39, 0.29) is 12.0 Å². The Morgan fingerprint density at radius 3 is 2.65 bits per heavy atom. The van der Waals surface area contributed by atoms with Gasteiger partial charge in [0.2, 0.25) is 0 Å². The Hall–Kier alpha value is -0.900. The van der Waals surface area contributed by atoms with E-state index < -0.39 is 12.3 Å². The molecule has 1 aliphatic carbocycles. The lowest BCUT2D eigenvalue weighted by molar-refractivity contribution is 0.0576. The van der Waals surface area contributed by atoms with E-state index in [0.717, 1.165) is 6.42 Å². The van der Waals surface area contributed by atoms with Crippen LogP contribution in [0.3, 0.4) is 0 Å². The van der Waals surface area contributed by atoms with Gasteiger partial charge in [0.15, 0.2) is 0 Å². The molecule has 0 saturated heterocycles. The molecule has 1 rings (SSSR count). The van der Waals surface area contributed by atoms with Gasteiger partial charge in [-0.05, 0) is 20.3 Å². The summed E-state index contributed by atoms with van der Waals surface area (Å²) < 4.78 is 0. The second kappa shape index (κ2) is 6.74. The first-order valence-electron chi connectivity index (χ1n) is 6.20. The van der Waals surface area contributed by atoms with Crippen molar-refractivity contribution < 1.29 is 10.2 Å². The Morgan fingerprint density at radius 2 is 2.06 bits per heavy atom. The van der Waals surface area contributed by atoms with E-state index >= 15 is 0 Å². The Labute approximate surface area is 104 Å². The summed E-state index contributed by atoms with van der Waals surface area (Å²) in [6, 6.07) is -0.0795. The van der Waals surface area contributed by atoms with Crippen molar-refractivity contribution in [1.82, 2.24) is 5.32 Å². The largest absolute Gasteiger partial charge is 0.392 e. The minimum Gasteiger partial charge on any atom is -0.392 e. The lowest BCUT2D eigenvalue weighted by Gasteiger charge is -2.26. The molecule has 0 saturated carbocycles. The average molecular weight is 237 g/mol. The van der Waals surface area contributed by atoms with E-state index in [9.17, 15) is 10.2 Å². The molecule has 0 spiro atoms. The monoisotopic (exact) mass is 237 g/mol. The smallest absolute Gasteiger partial charge is 0.115 e. The van der Waals surface area contributed by atoms with Gasteiger partial charge in [-0.2, -0.15) is 0 Å². The number of hydrogen-bond acceptors (Lipinski definition) is 3. The Kier molecular flexibility index (Phi) is 5.62. The maximum Gasteiger partial charge on any atom is 0.115 e. The van der Waals surface area contributed by atoms with Gasteiger partial charge in [0, 0.05) is 12.0 Å². The van der Waals surface area contributed by atoms with Crippen molar-refractivity contribution >= 4 is 0 Å². The first-order valence-corrected chi connectivity index (χ1v) is 6.20. The first kappa shape index (κ1) is 14.2. The molecule has 2 unspecified atom stereocenters. The molecule has 0 heterocycles. The third kappa shape index (κ3) is 4.46. The van der Waals surface area contributed by atoms with E-state index in [0.29, 0.717) is 0 Å². The molecule has 0 aromatic rings. The van der Waals surface area contributed by atoms with E-state index in [2.05, 4.69) is 5.32 Å². The van der Waals surface area contributed by atoms with E-state index in [1.165, 1.54) is 5.57 Å². The van der Waals surface area contributed by atoms with Crippen molar-refractivity contribution in [2.24, 2.45) is 5.92 Å². The predicted molar refractivity (Wildman–Crippen MR) is 70.4 cm³/mol. The minimum atomic E-state index is -0.665.